The molecule has 3 rings (SSSR count). The Morgan fingerprint density at radius 1 is 1.12 bits per heavy atom. The van der Waals surface area contributed by atoms with E-state index in [1.54, 1.807) is 0 Å². The number of nitrogens with zero attached hydrogens (tertiary/aromatic N) is 1. The highest BCUT2D eigenvalue weighted by Crippen LogP contribution is 2.35. The van der Waals surface area contributed by atoms with Crippen molar-refractivity contribution in [1.29, 1.82) is 0 Å². The molecule has 1 N–H and O–H groups in total. The predicted molar refractivity (Wildman–Crippen MR) is 117 cm³/mol. The maximum atomic E-state index is 13.0. The SMILES string of the molecule is CN(CCOc1cccc(CNC(=O)COc2ccccc2C(F)(F)F)c1)C1CCOCC1. The maximum Gasteiger partial charge on any atom is 0.419 e. The lowest BCUT2D eigenvalue weighted by atomic mass is 10.1. The molecular weight excluding hydrogens is 437 g/mol. The molecule has 0 atom stereocenters. The van der Waals surface area contributed by atoms with Crippen molar-refractivity contribution < 1.29 is 32.2 Å². The molecule has 0 unspecified atom stereocenters. The van der Waals surface area contributed by atoms with Gasteiger partial charge in [-0.3, -0.25) is 9.69 Å². The number of ether oxygens (including phenoxy) is 3. The summed E-state index contributed by atoms with van der Waals surface area (Å²) in [6, 6.07) is 12.6. The van der Waals surface area contributed by atoms with Gasteiger partial charge in [-0.15, -0.1) is 0 Å². The van der Waals surface area contributed by atoms with Gasteiger partial charge in [0, 0.05) is 32.3 Å². The highest BCUT2D eigenvalue weighted by molar-refractivity contribution is 5.77. The van der Waals surface area contributed by atoms with Crippen molar-refractivity contribution in [1.82, 2.24) is 10.2 Å². The van der Waals surface area contributed by atoms with Crippen LogP contribution in [-0.4, -0.2) is 56.9 Å². The first-order chi connectivity index (χ1) is 15.8. The molecule has 6 nitrogen and oxygen atoms in total. The van der Waals surface area contributed by atoms with Gasteiger partial charge in [-0.1, -0.05) is 24.3 Å². The molecule has 1 aliphatic rings. The highest BCUT2D eigenvalue weighted by Gasteiger charge is 2.34. The number of carbonyl (C=O) groups excluding carboxylic acids is 1. The average Bonchev–Trinajstić information content (AvgIpc) is 2.82. The first-order valence-electron chi connectivity index (χ1n) is 10.9. The largest absolute Gasteiger partial charge is 0.492 e. The van der Waals surface area contributed by atoms with E-state index in [0.29, 0.717) is 18.4 Å². The van der Waals surface area contributed by atoms with E-state index in [1.165, 1.54) is 18.2 Å². The minimum atomic E-state index is -4.55. The Morgan fingerprint density at radius 2 is 1.88 bits per heavy atom. The summed E-state index contributed by atoms with van der Waals surface area (Å²) in [6.45, 7) is 2.62. The summed E-state index contributed by atoms with van der Waals surface area (Å²) in [5.74, 6) is -0.199. The zero-order valence-electron chi connectivity index (χ0n) is 18.6. The third-order valence-corrected chi connectivity index (χ3v) is 5.47. The van der Waals surface area contributed by atoms with E-state index in [-0.39, 0.29) is 12.3 Å². The number of hydrogen-bond acceptors (Lipinski definition) is 5. The smallest absolute Gasteiger partial charge is 0.419 e. The highest BCUT2D eigenvalue weighted by atomic mass is 19.4. The molecule has 0 radical (unpaired) electrons. The summed E-state index contributed by atoms with van der Waals surface area (Å²) in [5, 5.41) is 2.65. The Labute approximate surface area is 191 Å². The molecule has 0 spiro atoms. The van der Waals surface area contributed by atoms with Crippen molar-refractivity contribution in [2.24, 2.45) is 0 Å². The molecule has 0 saturated carbocycles. The molecule has 1 heterocycles. The van der Waals surface area contributed by atoms with Gasteiger partial charge in [-0.25, -0.2) is 0 Å². The van der Waals surface area contributed by atoms with Gasteiger partial charge < -0.3 is 19.5 Å². The molecule has 0 bridgehead atoms. The number of amides is 1. The van der Waals surface area contributed by atoms with Gasteiger partial charge in [0.2, 0.25) is 0 Å². The molecule has 1 amide bonds. The average molecular weight is 467 g/mol. The van der Waals surface area contributed by atoms with Crippen LogP contribution in [-0.2, 0) is 22.3 Å². The Kier molecular flexibility index (Phi) is 8.96. The maximum absolute atomic E-state index is 13.0. The van der Waals surface area contributed by atoms with Gasteiger partial charge in [-0.2, -0.15) is 13.2 Å². The Bertz CT molecular complexity index is 901. The molecule has 2 aromatic rings. The van der Waals surface area contributed by atoms with E-state index >= 15 is 0 Å². The fraction of sp³-hybridized carbons (Fsp3) is 0.458. The van der Waals surface area contributed by atoms with Crippen LogP contribution in [0.3, 0.4) is 0 Å². The normalized spacial score (nSPS) is 14.8. The van der Waals surface area contributed by atoms with Crippen molar-refractivity contribution in [2.75, 3.05) is 40.0 Å². The third kappa shape index (κ3) is 7.94. The minimum absolute atomic E-state index is 0.211. The van der Waals surface area contributed by atoms with Crippen LogP contribution in [0.4, 0.5) is 13.2 Å². The van der Waals surface area contributed by atoms with Crippen molar-refractivity contribution >= 4 is 5.91 Å². The van der Waals surface area contributed by atoms with Gasteiger partial charge in [0.05, 0.1) is 5.56 Å². The number of para-hydroxylation sites is 1. The fourth-order valence-corrected chi connectivity index (χ4v) is 3.58. The van der Waals surface area contributed by atoms with E-state index in [0.717, 1.165) is 44.2 Å². The van der Waals surface area contributed by atoms with E-state index in [2.05, 4.69) is 17.3 Å². The van der Waals surface area contributed by atoms with Gasteiger partial charge in [-0.05, 0) is 49.7 Å². The van der Waals surface area contributed by atoms with Crippen LogP contribution in [0.1, 0.15) is 24.0 Å². The van der Waals surface area contributed by atoms with Crippen LogP contribution in [0.2, 0.25) is 0 Å². The summed E-state index contributed by atoms with van der Waals surface area (Å²) >= 11 is 0. The number of likely N-dealkylation sites (N-methyl/N-ethyl adjacent to an activating group) is 1. The van der Waals surface area contributed by atoms with Gasteiger partial charge in [0.15, 0.2) is 6.61 Å². The van der Waals surface area contributed by atoms with Crippen molar-refractivity contribution in [2.45, 2.75) is 31.6 Å². The molecule has 1 fully saturated rings. The Hall–Kier alpha value is -2.78. The number of nitrogens with one attached hydrogen (secondary N) is 1. The van der Waals surface area contributed by atoms with Gasteiger partial charge >= 0.3 is 6.18 Å². The summed E-state index contributed by atoms with van der Waals surface area (Å²) in [5.41, 5.74) is -0.0977. The van der Waals surface area contributed by atoms with Gasteiger partial charge in [0.1, 0.15) is 18.1 Å². The number of halogens is 3. The van der Waals surface area contributed by atoms with Crippen molar-refractivity contribution in [3.63, 3.8) is 0 Å². The fourth-order valence-electron chi connectivity index (χ4n) is 3.58. The minimum Gasteiger partial charge on any atom is -0.492 e. The van der Waals surface area contributed by atoms with Crippen LogP contribution < -0.4 is 14.8 Å². The Balaban J connectivity index is 1.41. The van der Waals surface area contributed by atoms with E-state index in [4.69, 9.17) is 14.2 Å². The zero-order chi connectivity index (χ0) is 23.7. The standard InChI is InChI=1S/C24H29F3N2O4/c1-29(19-9-12-31-13-10-19)11-14-32-20-6-4-5-18(15-20)16-28-23(30)17-33-22-8-3-2-7-21(22)24(25,26)27/h2-8,15,19H,9-14,16-17H2,1H3,(H,28,30). The lowest BCUT2D eigenvalue weighted by Crippen LogP contribution is -2.38. The number of rotatable bonds is 10. The third-order valence-electron chi connectivity index (χ3n) is 5.47. The number of carbonyl (C=O) groups is 1. The van der Waals surface area contributed by atoms with Crippen LogP contribution >= 0.6 is 0 Å². The molecule has 2 aromatic carbocycles. The summed E-state index contributed by atoms with van der Waals surface area (Å²) in [6.07, 6.45) is -2.50. The molecule has 9 heteroatoms. The lowest BCUT2D eigenvalue weighted by Gasteiger charge is -2.31. The van der Waals surface area contributed by atoms with Crippen LogP contribution in [0.25, 0.3) is 0 Å². The van der Waals surface area contributed by atoms with E-state index in [1.807, 2.05) is 24.3 Å². The first-order valence-corrected chi connectivity index (χ1v) is 10.9. The first kappa shape index (κ1) is 24.9. The topological polar surface area (TPSA) is 60.0 Å². The summed E-state index contributed by atoms with van der Waals surface area (Å²) in [7, 11) is 2.08. The van der Waals surface area contributed by atoms with Gasteiger partial charge in [0.25, 0.3) is 5.91 Å². The summed E-state index contributed by atoms with van der Waals surface area (Å²) < 4.78 is 55.4. The zero-order valence-corrected chi connectivity index (χ0v) is 18.6. The second kappa shape index (κ2) is 11.9. The molecule has 33 heavy (non-hydrogen) atoms. The van der Waals surface area contributed by atoms with E-state index in [9.17, 15) is 18.0 Å². The quantitative estimate of drug-likeness (QED) is 0.576. The van der Waals surface area contributed by atoms with Crippen LogP contribution in [0.15, 0.2) is 48.5 Å². The van der Waals surface area contributed by atoms with Crippen molar-refractivity contribution in [3.8, 4) is 11.5 Å². The number of benzene rings is 2. The van der Waals surface area contributed by atoms with Crippen LogP contribution in [0, 0.1) is 0 Å². The molecule has 0 aromatic heterocycles. The molecule has 0 aliphatic carbocycles. The molecule has 180 valence electrons. The molecular formula is C24H29F3N2O4. The molecule has 1 aliphatic heterocycles. The second-order valence-electron chi connectivity index (χ2n) is 7.88. The molecule has 1 saturated heterocycles. The monoisotopic (exact) mass is 466 g/mol. The number of hydrogen-bond donors (Lipinski definition) is 1. The lowest BCUT2D eigenvalue weighted by molar-refractivity contribution is -0.139. The summed E-state index contributed by atoms with van der Waals surface area (Å²) in [4.78, 5) is 14.4. The second-order valence-corrected chi connectivity index (χ2v) is 7.88. The predicted octanol–water partition coefficient (Wildman–Crippen LogP) is 3.89. The number of alkyl halides is 3. The van der Waals surface area contributed by atoms with E-state index < -0.39 is 24.3 Å². The van der Waals surface area contributed by atoms with Crippen molar-refractivity contribution in [3.05, 3.63) is 59.7 Å². The Morgan fingerprint density at radius 3 is 2.64 bits per heavy atom. The van der Waals surface area contributed by atoms with Crippen LogP contribution in [0.5, 0.6) is 11.5 Å².